The van der Waals surface area contributed by atoms with Gasteiger partial charge in [0.1, 0.15) is 5.82 Å². The topological polar surface area (TPSA) is 52.7 Å². The number of halogens is 1. The molecule has 1 atom stereocenters. The van der Waals surface area contributed by atoms with Gasteiger partial charge in [-0.3, -0.25) is 4.79 Å². The Morgan fingerprint density at radius 1 is 0.963 bits per heavy atom. The largest absolute Gasteiger partial charge is 0.343 e. The third-order valence-electron chi connectivity index (χ3n) is 5.63. The molecule has 1 aromatic carbocycles. The van der Waals surface area contributed by atoms with Gasteiger partial charge in [0.05, 0.1) is 0 Å². The summed E-state index contributed by atoms with van der Waals surface area (Å²) in [6, 6.07) is 5.65. The smallest absolute Gasteiger partial charge is 0.321 e. The Bertz CT molecular complexity index is 627. The molecule has 1 N–H and O–H groups in total. The first-order chi connectivity index (χ1) is 13.1. The van der Waals surface area contributed by atoms with E-state index in [1.165, 1.54) is 25.0 Å². The van der Waals surface area contributed by atoms with Crippen LogP contribution in [0.1, 0.15) is 51.4 Å². The Labute approximate surface area is 160 Å². The highest BCUT2D eigenvalue weighted by Gasteiger charge is 2.25. The zero-order chi connectivity index (χ0) is 19.1. The molecule has 2 aliphatic rings. The Morgan fingerprint density at radius 2 is 1.63 bits per heavy atom. The van der Waals surface area contributed by atoms with Gasteiger partial charge in [0.25, 0.3) is 0 Å². The Hall–Kier alpha value is -2.11. The molecule has 2 heterocycles. The SMILES string of the molecule is O=C(CC[C@H]1CCCN(C(=O)Nc2ccc(F)cc2)C1)N1CCCCCC1. The maximum Gasteiger partial charge on any atom is 0.321 e. The molecule has 148 valence electrons. The number of carbonyl (C=O) groups is 2. The number of anilines is 1. The number of rotatable bonds is 4. The van der Waals surface area contributed by atoms with Gasteiger partial charge in [0.2, 0.25) is 5.91 Å². The molecule has 2 saturated heterocycles. The van der Waals surface area contributed by atoms with Crippen LogP contribution in [0.3, 0.4) is 0 Å². The number of benzene rings is 1. The number of piperidine rings is 1. The molecule has 5 nitrogen and oxygen atoms in total. The lowest BCUT2D eigenvalue weighted by molar-refractivity contribution is -0.131. The number of nitrogens with one attached hydrogen (secondary N) is 1. The molecule has 0 radical (unpaired) electrons. The van der Waals surface area contributed by atoms with Crippen LogP contribution in [0.2, 0.25) is 0 Å². The highest BCUT2D eigenvalue weighted by molar-refractivity contribution is 5.89. The average Bonchev–Trinajstić information content (AvgIpc) is 2.98. The number of hydrogen-bond acceptors (Lipinski definition) is 2. The molecule has 3 rings (SSSR count). The molecule has 0 spiro atoms. The van der Waals surface area contributed by atoms with Crippen molar-refractivity contribution >= 4 is 17.6 Å². The second-order valence-corrected chi connectivity index (χ2v) is 7.72. The summed E-state index contributed by atoms with van der Waals surface area (Å²) in [4.78, 5) is 28.8. The molecule has 0 aromatic heterocycles. The van der Waals surface area contributed by atoms with Gasteiger partial charge >= 0.3 is 6.03 Å². The minimum atomic E-state index is -0.319. The van der Waals surface area contributed by atoms with Crippen LogP contribution in [-0.2, 0) is 4.79 Å². The maximum atomic E-state index is 13.0. The highest BCUT2D eigenvalue weighted by Crippen LogP contribution is 2.23. The van der Waals surface area contributed by atoms with Crippen molar-refractivity contribution in [1.82, 2.24) is 9.80 Å². The molecule has 0 unspecified atom stereocenters. The summed E-state index contributed by atoms with van der Waals surface area (Å²) in [5.74, 6) is 0.318. The molecule has 6 heteroatoms. The van der Waals surface area contributed by atoms with E-state index < -0.39 is 0 Å². The van der Waals surface area contributed by atoms with Gasteiger partial charge in [-0.2, -0.15) is 0 Å². The van der Waals surface area contributed by atoms with E-state index in [9.17, 15) is 14.0 Å². The van der Waals surface area contributed by atoms with Crippen molar-refractivity contribution in [2.24, 2.45) is 5.92 Å². The molecule has 1 aromatic rings. The number of carbonyl (C=O) groups excluding carboxylic acids is 2. The van der Waals surface area contributed by atoms with Crippen LogP contribution >= 0.6 is 0 Å². The quantitative estimate of drug-likeness (QED) is 0.855. The Balaban J connectivity index is 1.45. The minimum Gasteiger partial charge on any atom is -0.343 e. The lowest BCUT2D eigenvalue weighted by atomic mass is 9.93. The van der Waals surface area contributed by atoms with E-state index in [-0.39, 0.29) is 17.8 Å². The molecule has 2 aliphatic heterocycles. The molecular weight excluding hydrogens is 345 g/mol. The highest BCUT2D eigenvalue weighted by atomic mass is 19.1. The van der Waals surface area contributed by atoms with Crippen molar-refractivity contribution in [2.75, 3.05) is 31.5 Å². The number of nitrogens with zero attached hydrogens (tertiary/aromatic N) is 2. The van der Waals surface area contributed by atoms with Gasteiger partial charge in [-0.05, 0) is 62.3 Å². The average molecular weight is 375 g/mol. The van der Waals surface area contributed by atoms with E-state index in [2.05, 4.69) is 5.32 Å². The lowest BCUT2D eigenvalue weighted by Crippen LogP contribution is -2.42. The first-order valence-corrected chi connectivity index (χ1v) is 10.2. The van der Waals surface area contributed by atoms with E-state index in [1.54, 1.807) is 12.1 Å². The number of likely N-dealkylation sites (tertiary alicyclic amines) is 2. The fourth-order valence-electron chi connectivity index (χ4n) is 4.03. The number of hydrogen-bond donors (Lipinski definition) is 1. The van der Waals surface area contributed by atoms with Crippen LogP contribution in [-0.4, -0.2) is 47.9 Å². The zero-order valence-corrected chi connectivity index (χ0v) is 16.0. The monoisotopic (exact) mass is 375 g/mol. The number of amides is 3. The van der Waals surface area contributed by atoms with E-state index in [0.29, 0.717) is 24.6 Å². The predicted octanol–water partition coefficient (Wildman–Crippen LogP) is 4.25. The molecule has 0 saturated carbocycles. The Morgan fingerprint density at radius 3 is 2.33 bits per heavy atom. The first-order valence-electron chi connectivity index (χ1n) is 10.2. The standard InChI is InChI=1S/C21H30FN3O2/c22-18-8-10-19(11-9-18)23-21(27)25-15-5-6-17(16-25)7-12-20(26)24-13-3-1-2-4-14-24/h8-11,17H,1-7,12-16H2,(H,23,27)/t17-/m1/s1. The zero-order valence-electron chi connectivity index (χ0n) is 16.0. The van der Waals surface area contributed by atoms with Gasteiger partial charge in [-0.15, -0.1) is 0 Å². The Kier molecular flexibility index (Phi) is 7.07. The third-order valence-corrected chi connectivity index (χ3v) is 5.63. The van der Waals surface area contributed by atoms with E-state index in [4.69, 9.17) is 0 Å². The molecule has 3 amide bonds. The van der Waals surface area contributed by atoms with Gasteiger partial charge in [0.15, 0.2) is 0 Å². The molecule has 0 bridgehead atoms. The van der Waals surface area contributed by atoms with Crippen LogP contribution in [0.4, 0.5) is 14.9 Å². The van der Waals surface area contributed by atoms with E-state index in [0.717, 1.165) is 51.7 Å². The summed E-state index contributed by atoms with van der Waals surface area (Å²) in [6.07, 6.45) is 8.13. The fourth-order valence-corrected chi connectivity index (χ4v) is 4.03. The van der Waals surface area contributed by atoms with E-state index in [1.807, 2.05) is 9.80 Å². The predicted molar refractivity (Wildman–Crippen MR) is 104 cm³/mol. The molecule has 27 heavy (non-hydrogen) atoms. The lowest BCUT2D eigenvalue weighted by Gasteiger charge is -2.33. The van der Waals surface area contributed by atoms with Crippen molar-refractivity contribution in [2.45, 2.75) is 51.4 Å². The molecule has 2 fully saturated rings. The van der Waals surface area contributed by atoms with Gasteiger partial charge in [0, 0.05) is 38.3 Å². The van der Waals surface area contributed by atoms with Crippen LogP contribution in [0, 0.1) is 11.7 Å². The van der Waals surface area contributed by atoms with Crippen molar-refractivity contribution < 1.29 is 14.0 Å². The maximum absolute atomic E-state index is 13.0. The van der Waals surface area contributed by atoms with Crippen molar-refractivity contribution in [3.63, 3.8) is 0 Å². The van der Waals surface area contributed by atoms with Gasteiger partial charge < -0.3 is 15.1 Å². The number of urea groups is 1. The normalized spacial score (nSPS) is 20.9. The fraction of sp³-hybridized carbons (Fsp3) is 0.619. The van der Waals surface area contributed by atoms with Crippen molar-refractivity contribution in [3.05, 3.63) is 30.1 Å². The van der Waals surface area contributed by atoms with Gasteiger partial charge in [-0.1, -0.05) is 12.8 Å². The van der Waals surface area contributed by atoms with Crippen LogP contribution in [0.15, 0.2) is 24.3 Å². The van der Waals surface area contributed by atoms with Crippen molar-refractivity contribution in [1.29, 1.82) is 0 Å². The third kappa shape index (κ3) is 5.94. The van der Waals surface area contributed by atoms with Gasteiger partial charge in [-0.25, -0.2) is 9.18 Å². The van der Waals surface area contributed by atoms with Crippen LogP contribution < -0.4 is 5.32 Å². The first kappa shape index (κ1) is 19.6. The minimum absolute atomic E-state index is 0.148. The van der Waals surface area contributed by atoms with E-state index >= 15 is 0 Å². The summed E-state index contributed by atoms with van der Waals surface area (Å²) in [5.41, 5.74) is 0.597. The second kappa shape index (κ2) is 9.72. The van der Waals surface area contributed by atoms with Crippen molar-refractivity contribution in [3.8, 4) is 0 Å². The summed E-state index contributed by atoms with van der Waals surface area (Å²) in [7, 11) is 0. The second-order valence-electron chi connectivity index (χ2n) is 7.72. The molecule has 0 aliphatic carbocycles. The molecular formula is C21H30FN3O2. The summed E-state index contributed by atoms with van der Waals surface area (Å²) < 4.78 is 13.0. The summed E-state index contributed by atoms with van der Waals surface area (Å²) in [5, 5.41) is 2.83. The van der Waals surface area contributed by atoms with Crippen LogP contribution in [0.5, 0.6) is 0 Å². The summed E-state index contributed by atoms with van der Waals surface area (Å²) >= 11 is 0. The van der Waals surface area contributed by atoms with Crippen LogP contribution in [0.25, 0.3) is 0 Å². The summed E-state index contributed by atoms with van der Waals surface area (Å²) in [6.45, 7) is 3.20.